The zero-order valence-corrected chi connectivity index (χ0v) is 13.2. The Morgan fingerprint density at radius 1 is 1.30 bits per heavy atom. The molecule has 1 amide bonds. The van der Waals surface area contributed by atoms with Crippen molar-refractivity contribution < 1.29 is 9.53 Å². The molecule has 0 aliphatic heterocycles. The molecule has 20 heavy (non-hydrogen) atoms. The Morgan fingerprint density at radius 3 is 2.50 bits per heavy atom. The van der Waals surface area contributed by atoms with E-state index in [1.54, 1.807) is 6.92 Å². The Hall–Kier alpha value is -1.07. The molecule has 1 aromatic rings. The SMILES string of the molecule is CC(Oc1ccc(Br)cc1)C(=O)NC1CCC(N)CC1. The Labute approximate surface area is 128 Å². The van der Waals surface area contributed by atoms with Gasteiger partial charge in [-0.2, -0.15) is 0 Å². The average molecular weight is 341 g/mol. The zero-order chi connectivity index (χ0) is 14.5. The van der Waals surface area contributed by atoms with Crippen LogP contribution in [0.2, 0.25) is 0 Å². The fourth-order valence-electron chi connectivity index (χ4n) is 2.35. The molecular formula is C15H21BrN2O2. The molecule has 1 saturated carbocycles. The molecule has 1 aromatic carbocycles. The van der Waals surface area contributed by atoms with Crippen LogP contribution in [0, 0.1) is 0 Å². The first-order valence-corrected chi connectivity index (χ1v) is 7.82. The third-order valence-corrected chi connectivity index (χ3v) is 4.14. The average Bonchev–Trinajstić information content (AvgIpc) is 2.44. The number of amides is 1. The van der Waals surface area contributed by atoms with Gasteiger partial charge in [0.05, 0.1) is 0 Å². The highest BCUT2D eigenvalue weighted by molar-refractivity contribution is 9.10. The van der Waals surface area contributed by atoms with Gasteiger partial charge in [-0.1, -0.05) is 15.9 Å². The van der Waals surface area contributed by atoms with Crippen molar-refractivity contribution in [3.63, 3.8) is 0 Å². The van der Waals surface area contributed by atoms with Gasteiger partial charge in [0.15, 0.2) is 6.10 Å². The minimum Gasteiger partial charge on any atom is -0.481 e. The van der Waals surface area contributed by atoms with Crippen molar-refractivity contribution in [2.45, 2.75) is 50.8 Å². The molecule has 1 aliphatic carbocycles. The van der Waals surface area contributed by atoms with E-state index >= 15 is 0 Å². The Kier molecular flexibility index (Phi) is 5.43. The van der Waals surface area contributed by atoms with Gasteiger partial charge in [0.25, 0.3) is 5.91 Å². The van der Waals surface area contributed by atoms with Crippen LogP contribution in [0.1, 0.15) is 32.6 Å². The van der Waals surface area contributed by atoms with Crippen LogP contribution in [0.5, 0.6) is 5.75 Å². The van der Waals surface area contributed by atoms with E-state index in [-0.39, 0.29) is 11.9 Å². The maximum atomic E-state index is 12.1. The highest BCUT2D eigenvalue weighted by Gasteiger charge is 2.23. The van der Waals surface area contributed by atoms with Gasteiger partial charge < -0.3 is 15.8 Å². The second-order valence-electron chi connectivity index (χ2n) is 5.33. The Bertz CT molecular complexity index is 442. The maximum absolute atomic E-state index is 12.1. The maximum Gasteiger partial charge on any atom is 0.260 e. The standard InChI is InChI=1S/C15H21BrN2O2/c1-10(20-14-8-2-11(16)3-9-14)15(19)18-13-6-4-12(17)5-7-13/h2-3,8-10,12-13H,4-7,17H2,1H3,(H,18,19). The molecule has 3 N–H and O–H groups in total. The Balaban J connectivity index is 1.81. The van der Waals surface area contributed by atoms with Crippen LogP contribution >= 0.6 is 15.9 Å². The molecule has 1 fully saturated rings. The van der Waals surface area contributed by atoms with E-state index in [4.69, 9.17) is 10.5 Å². The van der Waals surface area contributed by atoms with E-state index < -0.39 is 6.10 Å². The fraction of sp³-hybridized carbons (Fsp3) is 0.533. The van der Waals surface area contributed by atoms with Crippen LogP contribution in [0.25, 0.3) is 0 Å². The summed E-state index contributed by atoms with van der Waals surface area (Å²) in [7, 11) is 0. The van der Waals surface area contributed by atoms with E-state index in [2.05, 4.69) is 21.2 Å². The lowest BCUT2D eigenvalue weighted by molar-refractivity contribution is -0.128. The number of hydrogen-bond acceptors (Lipinski definition) is 3. The van der Waals surface area contributed by atoms with Gasteiger partial charge in [-0.25, -0.2) is 0 Å². The number of ether oxygens (including phenoxy) is 1. The van der Waals surface area contributed by atoms with Crippen molar-refractivity contribution in [2.75, 3.05) is 0 Å². The van der Waals surface area contributed by atoms with Gasteiger partial charge in [0, 0.05) is 16.6 Å². The first-order valence-electron chi connectivity index (χ1n) is 7.03. The molecule has 0 heterocycles. The molecule has 0 radical (unpaired) electrons. The predicted octanol–water partition coefficient (Wildman–Crippen LogP) is 2.60. The van der Waals surface area contributed by atoms with Crippen LogP contribution in [0.3, 0.4) is 0 Å². The minimum absolute atomic E-state index is 0.0617. The first kappa shape index (κ1) is 15.3. The monoisotopic (exact) mass is 340 g/mol. The van der Waals surface area contributed by atoms with Crippen LogP contribution in [-0.2, 0) is 4.79 Å². The number of halogens is 1. The first-order chi connectivity index (χ1) is 9.54. The molecule has 1 atom stereocenters. The van der Waals surface area contributed by atoms with Gasteiger partial charge in [0.2, 0.25) is 0 Å². The summed E-state index contributed by atoms with van der Waals surface area (Å²) in [5, 5.41) is 3.04. The summed E-state index contributed by atoms with van der Waals surface area (Å²) in [5.74, 6) is 0.634. The van der Waals surface area contributed by atoms with Gasteiger partial charge in [-0.05, 0) is 56.9 Å². The second kappa shape index (κ2) is 7.09. The predicted molar refractivity (Wildman–Crippen MR) is 82.6 cm³/mol. The van der Waals surface area contributed by atoms with E-state index in [9.17, 15) is 4.79 Å². The molecule has 1 unspecified atom stereocenters. The molecule has 4 nitrogen and oxygen atoms in total. The number of nitrogens with one attached hydrogen (secondary N) is 1. The number of carbonyl (C=O) groups excluding carboxylic acids is 1. The highest BCUT2D eigenvalue weighted by atomic mass is 79.9. The van der Waals surface area contributed by atoms with Gasteiger partial charge in [-0.15, -0.1) is 0 Å². The number of carbonyl (C=O) groups is 1. The van der Waals surface area contributed by atoms with Crippen LogP contribution in [-0.4, -0.2) is 24.1 Å². The van der Waals surface area contributed by atoms with Crippen molar-refractivity contribution in [3.8, 4) is 5.75 Å². The summed E-state index contributed by atoms with van der Waals surface area (Å²) >= 11 is 3.37. The second-order valence-corrected chi connectivity index (χ2v) is 6.25. The van der Waals surface area contributed by atoms with Crippen molar-refractivity contribution in [1.82, 2.24) is 5.32 Å². The smallest absolute Gasteiger partial charge is 0.260 e. The van der Waals surface area contributed by atoms with E-state index in [1.807, 2.05) is 24.3 Å². The minimum atomic E-state index is -0.494. The van der Waals surface area contributed by atoms with E-state index in [1.165, 1.54) is 0 Å². The molecule has 1 aliphatic rings. The van der Waals surface area contributed by atoms with Crippen molar-refractivity contribution in [3.05, 3.63) is 28.7 Å². The number of hydrogen-bond donors (Lipinski definition) is 2. The summed E-state index contributed by atoms with van der Waals surface area (Å²) in [6.45, 7) is 1.77. The quantitative estimate of drug-likeness (QED) is 0.885. The fourth-order valence-corrected chi connectivity index (χ4v) is 2.62. The van der Waals surface area contributed by atoms with Gasteiger partial charge >= 0.3 is 0 Å². The number of benzene rings is 1. The summed E-state index contributed by atoms with van der Waals surface area (Å²) in [6.07, 6.45) is 3.38. The molecule has 2 rings (SSSR count). The van der Waals surface area contributed by atoms with Crippen molar-refractivity contribution in [2.24, 2.45) is 5.73 Å². The third kappa shape index (κ3) is 4.49. The summed E-state index contributed by atoms with van der Waals surface area (Å²) < 4.78 is 6.62. The normalized spacial score (nSPS) is 23.9. The number of rotatable bonds is 4. The van der Waals surface area contributed by atoms with Crippen LogP contribution in [0.15, 0.2) is 28.7 Å². The topological polar surface area (TPSA) is 64.3 Å². The summed E-state index contributed by atoms with van der Waals surface area (Å²) in [6, 6.07) is 7.99. The largest absolute Gasteiger partial charge is 0.481 e. The molecule has 5 heteroatoms. The van der Waals surface area contributed by atoms with Crippen LogP contribution < -0.4 is 15.8 Å². The van der Waals surface area contributed by atoms with Crippen molar-refractivity contribution in [1.29, 1.82) is 0 Å². The summed E-state index contributed by atoms with van der Waals surface area (Å²) in [5.41, 5.74) is 5.86. The number of nitrogens with two attached hydrogens (primary N) is 1. The molecule has 0 bridgehead atoms. The zero-order valence-electron chi connectivity index (χ0n) is 11.6. The third-order valence-electron chi connectivity index (χ3n) is 3.61. The summed E-state index contributed by atoms with van der Waals surface area (Å²) in [4.78, 5) is 12.1. The molecule has 0 saturated heterocycles. The molecule has 110 valence electrons. The molecule has 0 spiro atoms. The van der Waals surface area contributed by atoms with Gasteiger partial charge in [0.1, 0.15) is 5.75 Å². The lowest BCUT2D eigenvalue weighted by Gasteiger charge is -2.27. The van der Waals surface area contributed by atoms with E-state index in [0.29, 0.717) is 11.8 Å². The molecule has 0 aromatic heterocycles. The van der Waals surface area contributed by atoms with Crippen molar-refractivity contribution >= 4 is 21.8 Å². The highest BCUT2D eigenvalue weighted by Crippen LogP contribution is 2.19. The van der Waals surface area contributed by atoms with E-state index in [0.717, 1.165) is 30.2 Å². The van der Waals surface area contributed by atoms with Crippen LogP contribution in [0.4, 0.5) is 0 Å². The molecular weight excluding hydrogens is 320 g/mol. The lowest BCUT2D eigenvalue weighted by Crippen LogP contribution is -2.45. The Morgan fingerprint density at radius 2 is 1.90 bits per heavy atom. The lowest BCUT2D eigenvalue weighted by atomic mass is 9.92. The van der Waals surface area contributed by atoms with Gasteiger partial charge in [-0.3, -0.25) is 4.79 Å².